The fraction of sp³-hybridized carbons (Fsp3) is 0.200. The number of sulfonamides is 1. The van der Waals surface area contributed by atoms with Crippen LogP contribution in [-0.4, -0.2) is 24.9 Å². The highest BCUT2D eigenvalue weighted by Crippen LogP contribution is 2.19. The van der Waals surface area contributed by atoms with E-state index in [4.69, 9.17) is 4.42 Å². The van der Waals surface area contributed by atoms with Crippen LogP contribution in [0, 0.1) is 0 Å². The van der Waals surface area contributed by atoms with Gasteiger partial charge in [-0.15, -0.1) is 0 Å². The quantitative estimate of drug-likeness (QED) is 0.403. The molecule has 4 rings (SSSR count). The number of oxazole rings is 1. The first-order valence-corrected chi connectivity index (χ1v) is 12.3. The van der Waals surface area contributed by atoms with Gasteiger partial charge in [-0.25, -0.2) is 13.2 Å². The van der Waals surface area contributed by atoms with Crippen molar-refractivity contribution in [1.82, 2.24) is 9.29 Å². The Morgan fingerprint density at radius 2 is 1.71 bits per heavy atom. The number of aromatic nitrogens is 1. The normalized spacial score (nSPS) is 12.5. The summed E-state index contributed by atoms with van der Waals surface area (Å²) < 4.78 is 35.3. The Morgan fingerprint density at radius 3 is 2.38 bits per heavy atom. The largest absolute Gasteiger partial charge is 0.419 e. The van der Waals surface area contributed by atoms with Gasteiger partial charge in [-0.1, -0.05) is 49.4 Å². The molecule has 0 bridgehead atoms. The number of hydrogen-bond donors (Lipinski definition) is 2. The van der Waals surface area contributed by atoms with Gasteiger partial charge in [-0.2, -0.15) is 4.72 Å². The molecule has 0 saturated heterocycles. The first kappa shape index (κ1) is 23.5. The summed E-state index contributed by atoms with van der Waals surface area (Å²) in [5.74, 6) is -1.07. The maximum atomic E-state index is 13.2. The van der Waals surface area contributed by atoms with E-state index in [1.807, 2.05) is 49.4 Å². The lowest BCUT2D eigenvalue weighted by Crippen LogP contribution is -2.45. The monoisotopic (exact) mass is 479 g/mol. The summed E-state index contributed by atoms with van der Waals surface area (Å²) >= 11 is 0. The molecule has 1 atom stereocenters. The van der Waals surface area contributed by atoms with Gasteiger partial charge in [0.2, 0.25) is 15.9 Å². The van der Waals surface area contributed by atoms with Crippen LogP contribution in [0.1, 0.15) is 18.1 Å². The number of nitrogens with one attached hydrogen (secondary N) is 2. The molecular weight excluding hydrogens is 454 g/mol. The average Bonchev–Trinajstić information content (AvgIpc) is 3.12. The molecule has 3 aromatic carbocycles. The molecule has 8 nitrogen and oxygen atoms in total. The highest BCUT2D eigenvalue weighted by molar-refractivity contribution is 7.89. The number of aryl methyl sites for hydroxylation is 2. The van der Waals surface area contributed by atoms with E-state index in [9.17, 15) is 18.0 Å². The molecule has 176 valence electrons. The van der Waals surface area contributed by atoms with Crippen LogP contribution in [0.4, 0.5) is 5.69 Å². The molecule has 0 radical (unpaired) electrons. The van der Waals surface area contributed by atoms with Crippen molar-refractivity contribution in [3.63, 3.8) is 0 Å². The summed E-state index contributed by atoms with van der Waals surface area (Å²) in [7, 11) is -2.57. The van der Waals surface area contributed by atoms with Crippen LogP contribution in [0.25, 0.3) is 11.1 Å². The minimum Gasteiger partial charge on any atom is -0.408 e. The third-order valence-electron chi connectivity index (χ3n) is 5.60. The summed E-state index contributed by atoms with van der Waals surface area (Å²) in [6.07, 6.45) is 1.03. The molecule has 4 aromatic rings. The SMILES string of the molecule is CCc1ccc(NC(=O)[C@H](Cc2ccccc2)NS(=O)(=O)c2ccc3c(c2)oc(=O)n3C)cc1. The van der Waals surface area contributed by atoms with Crippen molar-refractivity contribution < 1.29 is 17.6 Å². The number of rotatable bonds is 8. The first-order valence-electron chi connectivity index (χ1n) is 10.8. The van der Waals surface area contributed by atoms with E-state index in [2.05, 4.69) is 10.0 Å². The van der Waals surface area contributed by atoms with Gasteiger partial charge in [-0.3, -0.25) is 9.36 Å². The number of carbonyl (C=O) groups is 1. The van der Waals surface area contributed by atoms with Crippen molar-refractivity contribution in [2.75, 3.05) is 5.32 Å². The molecule has 0 aliphatic rings. The molecule has 1 amide bonds. The predicted molar refractivity (Wildman–Crippen MR) is 130 cm³/mol. The van der Waals surface area contributed by atoms with Gasteiger partial charge < -0.3 is 9.73 Å². The molecule has 1 heterocycles. The van der Waals surface area contributed by atoms with Gasteiger partial charge in [0.25, 0.3) is 0 Å². The lowest BCUT2D eigenvalue weighted by atomic mass is 10.1. The minimum absolute atomic E-state index is 0.104. The van der Waals surface area contributed by atoms with Crippen LogP contribution in [0.5, 0.6) is 0 Å². The maximum Gasteiger partial charge on any atom is 0.419 e. The van der Waals surface area contributed by atoms with Gasteiger partial charge in [-0.05, 0) is 48.2 Å². The summed E-state index contributed by atoms with van der Waals surface area (Å²) in [6.45, 7) is 2.04. The second kappa shape index (κ2) is 9.66. The Hall–Kier alpha value is -3.69. The van der Waals surface area contributed by atoms with Crippen molar-refractivity contribution in [3.8, 4) is 0 Å². The van der Waals surface area contributed by atoms with Crippen LogP contribution in [0.3, 0.4) is 0 Å². The van der Waals surface area contributed by atoms with E-state index in [0.717, 1.165) is 17.5 Å². The third-order valence-corrected chi connectivity index (χ3v) is 7.07. The van der Waals surface area contributed by atoms with Crippen LogP contribution < -0.4 is 15.8 Å². The Kier molecular flexibility index (Phi) is 6.67. The lowest BCUT2D eigenvalue weighted by Gasteiger charge is -2.19. The van der Waals surface area contributed by atoms with Crippen molar-refractivity contribution in [2.45, 2.75) is 30.7 Å². The standard InChI is InChI=1S/C25H25N3O5S/c1-3-17-9-11-19(12-10-17)26-24(29)21(15-18-7-5-4-6-8-18)27-34(31,32)20-13-14-22-23(16-20)33-25(30)28(22)2/h4-14,16,21,27H,3,15H2,1-2H3,(H,26,29)/t21-/m0/s1. The lowest BCUT2D eigenvalue weighted by molar-refractivity contribution is -0.117. The number of amides is 1. The molecule has 0 spiro atoms. The molecular formula is C25H25N3O5S. The van der Waals surface area contributed by atoms with Gasteiger partial charge >= 0.3 is 5.76 Å². The average molecular weight is 480 g/mol. The highest BCUT2D eigenvalue weighted by Gasteiger charge is 2.27. The Bertz CT molecular complexity index is 1470. The topological polar surface area (TPSA) is 110 Å². The van der Waals surface area contributed by atoms with Gasteiger partial charge in [0.15, 0.2) is 5.58 Å². The van der Waals surface area contributed by atoms with Crippen molar-refractivity contribution in [3.05, 3.63) is 94.5 Å². The van der Waals surface area contributed by atoms with Gasteiger partial charge in [0, 0.05) is 18.8 Å². The molecule has 2 N–H and O–H groups in total. The summed E-state index contributed by atoms with van der Waals surface area (Å²) in [5.41, 5.74) is 3.12. The van der Waals surface area contributed by atoms with E-state index in [0.29, 0.717) is 11.2 Å². The van der Waals surface area contributed by atoms with Gasteiger partial charge in [0.05, 0.1) is 10.4 Å². The molecule has 1 aromatic heterocycles. The summed E-state index contributed by atoms with van der Waals surface area (Å²) in [4.78, 5) is 24.8. The number of fused-ring (bicyclic) bond motifs is 1. The van der Waals surface area contributed by atoms with Gasteiger partial charge in [0.1, 0.15) is 6.04 Å². The van der Waals surface area contributed by atoms with Crippen molar-refractivity contribution in [1.29, 1.82) is 0 Å². The van der Waals surface area contributed by atoms with E-state index in [1.165, 1.54) is 29.8 Å². The molecule has 0 unspecified atom stereocenters. The van der Waals surface area contributed by atoms with Crippen LogP contribution in [0.2, 0.25) is 0 Å². The number of nitrogens with zero attached hydrogens (tertiary/aromatic N) is 1. The molecule has 0 fully saturated rings. The smallest absolute Gasteiger partial charge is 0.408 e. The number of carbonyl (C=O) groups excluding carboxylic acids is 1. The van der Waals surface area contributed by atoms with E-state index in [1.54, 1.807) is 12.1 Å². The van der Waals surface area contributed by atoms with Crippen molar-refractivity contribution >= 4 is 32.7 Å². The van der Waals surface area contributed by atoms with Crippen molar-refractivity contribution in [2.24, 2.45) is 7.05 Å². The fourth-order valence-corrected chi connectivity index (χ4v) is 4.84. The van der Waals surface area contributed by atoms with Crippen LogP contribution in [-0.2, 0) is 34.7 Å². The number of anilines is 1. The third kappa shape index (κ3) is 5.11. The highest BCUT2D eigenvalue weighted by atomic mass is 32.2. The van der Waals surface area contributed by atoms with E-state index in [-0.39, 0.29) is 16.9 Å². The predicted octanol–water partition coefficient (Wildman–Crippen LogP) is 3.22. The molecule has 0 aliphatic heterocycles. The zero-order valence-electron chi connectivity index (χ0n) is 18.8. The second-order valence-electron chi connectivity index (χ2n) is 7.96. The summed E-state index contributed by atoms with van der Waals surface area (Å²) in [5, 5.41) is 2.80. The van der Waals surface area contributed by atoms with Crippen LogP contribution in [0.15, 0.2) is 86.9 Å². The molecule has 0 aliphatic carbocycles. The Labute approximate surface area is 197 Å². The zero-order chi connectivity index (χ0) is 24.3. The molecule has 9 heteroatoms. The molecule has 34 heavy (non-hydrogen) atoms. The Balaban J connectivity index is 1.62. The Morgan fingerprint density at radius 1 is 1.00 bits per heavy atom. The zero-order valence-corrected chi connectivity index (χ0v) is 19.6. The van der Waals surface area contributed by atoms with E-state index < -0.39 is 27.7 Å². The number of benzene rings is 3. The number of hydrogen-bond acceptors (Lipinski definition) is 5. The minimum atomic E-state index is -4.10. The van der Waals surface area contributed by atoms with Crippen LogP contribution >= 0.6 is 0 Å². The fourth-order valence-electron chi connectivity index (χ4n) is 3.63. The van der Waals surface area contributed by atoms with E-state index >= 15 is 0 Å². The molecule has 0 saturated carbocycles. The summed E-state index contributed by atoms with van der Waals surface area (Å²) in [6, 6.07) is 19.6. The first-order chi connectivity index (χ1) is 16.3. The maximum absolute atomic E-state index is 13.2. The second-order valence-corrected chi connectivity index (χ2v) is 9.67.